The summed E-state index contributed by atoms with van der Waals surface area (Å²) in [5, 5.41) is 3.62. The van der Waals surface area contributed by atoms with Gasteiger partial charge in [0.2, 0.25) is 0 Å². The van der Waals surface area contributed by atoms with Gasteiger partial charge in [-0.15, -0.1) is 0 Å². The van der Waals surface area contributed by atoms with Crippen molar-refractivity contribution >= 4 is 0 Å². The number of nitrogens with zero attached hydrogens (tertiary/aromatic N) is 1. The Bertz CT molecular complexity index is 181. The summed E-state index contributed by atoms with van der Waals surface area (Å²) in [6, 6.07) is 0.718. The average molecular weight is 228 g/mol. The van der Waals surface area contributed by atoms with Gasteiger partial charge in [-0.05, 0) is 46.6 Å². The van der Waals surface area contributed by atoms with E-state index >= 15 is 0 Å². The highest BCUT2D eigenvalue weighted by atomic mass is 16.5. The molecule has 0 spiro atoms. The van der Waals surface area contributed by atoms with Crippen LogP contribution in [0.5, 0.6) is 0 Å². The van der Waals surface area contributed by atoms with Crippen molar-refractivity contribution < 1.29 is 4.74 Å². The van der Waals surface area contributed by atoms with Gasteiger partial charge in [0.25, 0.3) is 0 Å². The van der Waals surface area contributed by atoms with Gasteiger partial charge in [-0.2, -0.15) is 0 Å². The zero-order valence-corrected chi connectivity index (χ0v) is 11.4. The van der Waals surface area contributed by atoms with Gasteiger partial charge in [0, 0.05) is 38.4 Å². The normalized spacial score (nSPS) is 20.2. The second kappa shape index (κ2) is 6.58. The molecule has 1 aliphatic rings. The molecule has 16 heavy (non-hydrogen) atoms. The Balaban J connectivity index is 2.12. The molecule has 0 bridgehead atoms. The van der Waals surface area contributed by atoms with E-state index in [1.807, 2.05) is 0 Å². The Morgan fingerprint density at radius 3 is 2.38 bits per heavy atom. The van der Waals surface area contributed by atoms with Gasteiger partial charge >= 0.3 is 0 Å². The molecule has 0 aliphatic carbocycles. The minimum Gasteiger partial charge on any atom is -0.385 e. The topological polar surface area (TPSA) is 24.5 Å². The van der Waals surface area contributed by atoms with Gasteiger partial charge in [-0.25, -0.2) is 0 Å². The summed E-state index contributed by atoms with van der Waals surface area (Å²) in [5.41, 5.74) is 0.334. The number of piperidine rings is 1. The SMILES string of the molecule is COCCCNC1CCN(C(C)(C)C)CC1. The molecule has 0 aromatic carbocycles. The molecule has 0 aromatic rings. The summed E-state index contributed by atoms with van der Waals surface area (Å²) < 4.78 is 5.04. The van der Waals surface area contributed by atoms with Gasteiger partial charge in [0.1, 0.15) is 0 Å². The number of nitrogens with one attached hydrogen (secondary N) is 1. The van der Waals surface area contributed by atoms with Crippen LogP contribution >= 0.6 is 0 Å². The summed E-state index contributed by atoms with van der Waals surface area (Å²) in [6.07, 6.45) is 3.69. The molecule has 1 aliphatic heterocycles. The van der Waals surface area contributed by atoms with Crippen LogP contribution in [0.2, 0.25) is 0 Å². The van der Waals surface area contributed by atoms with Crippen molar-refractivity contribution in [1.29, 1.82) is 0 Å². The highest BCUT2D eigenvalue weighted by Crippen LogP contribution is 2.19. The minimum atomic E-state index is 0.334. The fourth-order valence-electron chi connectivity index (χ4n) is 2.28. The first-order valence-electron chi connectivity index (χ1n) is 6.51. The van der Waals surface area contributed by atoms with Gasteiger partial charge < -0.3 is 10.1 Å². The summed E-state index contributed by atoms with van der Waals surface area (Å²) >= 11 is 0. The van der Waals surface area contributed by atoms with Crippen LogP contribution in [0.3, 0.4) is 0 Å². The maximum absolute atomic E-state index is 5.04. The van der Waals surface area contributed by atoms with Crippen LogP contribution in [0, 0.1) is 0 Å². The summed E-state index contributed by atoms with van der Waals surface area (Å²) in [4.78, 5) is 2.58. The molecule has 1 saturated heterocycles. The fraction of sp³-hybridized carbons (Fsp3) is 1.00. The molecular formula is C13H28N2O. The third-order valence-electron chi connectivity index (χ3n) is 3.40. The van der Waals surface area contributed by atoms with E-state index in [0.29, 0.717) is 5.54 Å². The molecule has 3 heteroatoms. The van der Waals surface area contributed by atoms with Crippen LogP contribution in [-0.2, 0) is 4.74 Å². The van der Waals surface area contributed by atoms with E-state index in [1.54, 1.807) is 7.11 Å². The Morgan fingerprint density at radius 1 is 1.25 bits per heavy atom. The van der Waals surface area contributed by atoms with E-state index < -0.39 is 0 Å². The number of hydrogen-bond donors (Lipinski definition) is 1. The zero-order valence-electron chi connectivity index (χ0n) is 11.4. The van der Waals surface area contributed by atoms with Crippen molar-refractivity contribution in [1.82, 2.24) is 10.2 Å². The van der Waals surface area contributed by atoms with E-state index in [2.05, 4.69) is 31.0 Å². The first-order chi connectivity index (χ1) is 7.54. The fourth-order valence-corrected chi connectivity index (χ4v) is 2.28. The molecule has 3 nitrogen and oxygen atoms in total. The molecule has 96 valence electrons. The van der Waals surface area contributed by atoms with Crippen LogP contribution in [0.4, 0.5) is 0 Å². The zero-order chi connectivity index (χ0) is 12.0. The molecular weight excluding hydrogens is 200 g/mol. The lowest BCUT2D eigenvalue weighted by Gasteiger charge is -2.41. The molecule has 1 heterocycles. The van der Waals surface area contributed by atoms with Gasteiger partial charge in [0.15, 0.2) is 0 Å². The van der Waals surface area contributed by atoms with E-state index in [-0.39, 0.29) is 0 Å². The van der Waals surface area contributed by atoms with Crippen molar-refractivity contribution in [3.63, 3.8) is 0 Å². The second-order valence-corrected chi connectivity index (χ2v) is 5.73. The maximum atomic E-state index is 5.04. The molecule has 1 N–H and O–H groups in total. The first-order valence-corrected chi connectivity index (χ1v) is 6.51. The summed E-state index contributed by atoms with van der Waals surface area (Å²) in [5.74, 6) is 0. The average Bonchev–Trinajstić information content (AvgIpc) is 2.24. The van der Waals surface area contributed by atoms with Gasteiger partial charge in [-0.3, -0.25) is 4.90 Å². The largest absolute Gasteiger partial charge is 0.385 e. The van der Waals surface area contributed by atoms with E-state index in [1.165, 1.54) is 25.9 Å². The highest BCUT2D eigenvalue weighted by molar-refractivity contribution is 4.84. The number of hydrogen-bond acceptors (Lipinski definition) is 3. The smallest absolute Gasteiger partial charge is 0.0474 e. The highest BCUT2D eigenvalue weighted by Gasteiger charge is 2.26. The number of ether oxygens (including phenoxy) is 1. The van der Waals surface area contributed by atoms with E-state index in [0.717, 1.165) is 25.6 Å². The Kier molecular flexibility index (Phi) is 5.73. The van der Waals surface area contributed by atoms with Crippen molar-refractivity contribution in [3.05, 3.63) is 0 Å². The number of likely N-dealkylation sites (tertiary alicyclic amines) is 1. The van der Waals surface area contributed by atoms with Crippen LogP contribution in [0.25, 0.3) is 0 Å². The lowest BCUT2D eigenvalue weighted by atomic mass is 9.98. The summed E-state index contributed by atoms with van der Waals surface area (Å²) in [7, 11) is 1.77. The van der Waals surface area contributed by atoms with Gasteiger partial charge in [0.05, 0.1) is 0 Å². The predicted molar refractivity (Wildman–Crippen MR) is 68.8 cm³/mol. The lowest BCUT2D eigenvalue weighted by molar-refractivity contribution is 0.0956. The Morgan fingerprint density at radius 2 is 1.88 bits per heavy atom. The quantitative estimate of drug-likeness (QED) is 0.727. The minimum absolute atomic E-state index is 0.334. The predicted octanol–water partition coefficient (Wildman–Crippen LogP) is 1.88. The second-order valence-electron chi connectivity index (χ2n) is 5.73. The monoisotopic (exact) mass is 228 g/mol. The van der Waals surface area contributed by atoms with E-state index in [4.69, 9.17) is 4.74 Å². The Hall–Kier alpha value is -0.120. The number of methoxy groups -OCH3 is 1. The molecule has 0 radical (unpaired) electrons. The van der Waals surface area contributed by atoms with E-state index in [9.17, 15) is 0 Å². The third kappa shape index (κ3) is 4.81. The van der Waals surface area contributed by atoms with Crippen LogP contribution in [-0.4, -0.2) is 49.8 Å². The third-order valence-corrected chi connectivity index (χ3v) is 3.40. The molecule has 1 fully saturated rings. The molecule has 0 atom stereocenters. The maximum Gasteiger partial charge on any atom is 0.0474 e. The van der Waals surface area contributed by atoms with Crippen molar-refractivity contribution in [3.8, 4) is 0 Å². The van der Waals surface area contributed by atoms with Gasteiger partial charge in [-0.1, -0.05) is 0 Å². The molecule has 0 amide bonds. The Labute approximate surface area is 101 Å². The van der Waals surface area contributed by atoms with Crippen LogP contribution < -0.4 is 5.32 Å². The number of rotatable bonds is 5. The molecule has 0 aromatic heterocycles. The van der Waals surface area contributed by atoms with Crippen molar-refractivity contribution in [2.45, 2.75) is 51.6 Å². The molecule has 0 saturated carbocycles. The first kappa shape index (κ1) is 13.9. The van der Waals surface area contributed by atoms with Crippen LogP contribution in [0.1, 0.15) is 40.0 Å². The summed E-state index contributed by atoms with van der Waals surface area (Å²) in [6.45, 7) is 11.3. The van der Waals surface area contributed by atoms with Crippen molar-refractivity contribution in [2.24, 2.45) is 0 Å². The molecule has 1 rings (SSSR count). The van der Waals surface area contributed by atoms with Crippen molar-refractivity contribution in [2.75, 3.05) is 33.4 Å². The van der Waals surface area contributed by atoms with Crippen LogP contribution in [0.15, 0.2) is 0 Å². The standard InChI is InChI=1S/C13H28N2O/c1-13(2,3)15-9-6-12(7-10-15)14-8-5-11-16-4/h12,14H,5-11H2,1-4H3. The lowest BCUT2D eigenvalue weighted by Crippen LogP contribution is -2.50. The molecule has 0 unspecified atom stereocenters.